The van der Waals surface area contributed by atoms with Gasteiger partial charge in [-0.15, -0.1) is 11.3 Å². The molecule has 0 unspecified atom stereocenters. The number of rotatable bonds is 2. The van der Waals surface area contributed by atoms with Gasteiger partial charge in [0.15, 0.2) is 5.60 Å². The summed E-state index contributed by atoms with van der Waals surface area (Å²) in [5.74, 6) is 1.74. The van der Waals surface area contributed by atoms with Crippen LogP contribution < -0.4 is 5.32 Å². The van der Waals surface area contributed by atoms with Gasteiger partial charge in [-0.25, -0.2) is 0 Å². The topological polar surface area (TPSA) is 60.2 Å². The van der Waals surface area contributed by atoms with Crippen LogP contribution in [0.4, 0.5) is 0 Å². The predicted octanol–water partition coefficient (Wildman–Crippen LogP) is 2.02. The number of nitrogens with zero attached hydrogens (tertiary/aromatic N) is 2. The van der Waals surface area contributed by atoms with E-state index in [0.29, 0.717) is 17.6 Å². The second-order valence-electron chi connectivity index (χ2n) is 5.11. The van der Waals surface area contributed by atoms with Gasteiger partial charge in [-0.1, -0.05) is 11.2 Å². The van der Waals surface area contributed by atoms with Gasteiger partial charge in [0, 0.05) is 25.6 Å². The lowest BCUT2D eigenvalue weighted by Gasteiger charge is -2.35. The fraction of sp³-hybridized carbons (Fsp3) is 0.538. The number of hydrogen-bond donors (Lipinski definition) is 1. The molecule has 100 valence electrons. The van der Waals surface area contributed by atoms with Crippen molar-refractivity contribution in [2.75, 3.05) is 19.7 Å². The average Bonchev–Trinajstić information content (AvgIpc) is 3.18. The zero-order chi connectivity index (χ0) is 12.7. The highest BCUT2D eigenvalue weighted by molar-refractivity contribution is 7.13. The van der Waals surface area contributed by atoms with Crippen LogP contribution in [-0.2, 0) is 10.3 Å². The van der Waals surface area contributed by atoms with Gasteiger partial charge in [0.2, 0.25) is 5.82 Å². The molecule has 5 nitrogen and oxygen atoms in total. The van der Waals surface area contributed by atoms with Crippen LogP contribution in [0.3, 0.4) is 0 Å². The lowest BCUT2D eigenvalue weighted by Crippen LogP contribution is -2.41. The highest BCUT2D eigenvalue weighted by atomic mass is 32.1. The van der Waals surface area contributed by atoms with Crippen molar-refractivity contribution in [2.45, 2.75) is 18.4 Å². The zero-order valence-electron chi connectivity index (χ0n) is 10.5. The Morgan fingerprint density at radius 1 is 1.47 bits per heavy atom. The summed E-state index contributed by atoms with van der Waals surface area (Å²) in [6.45, 7) is 2.51. The first-order valence-electron chi connectivity index (χ1n) is 6.61. The van der Waals surface area contributed by atoms with Crippen molar-refractivity contribution in [1.82, 2.24) is 15.5 Å². The molecule has 1 N–H and O–H groups in total. The fourth-order valence-electron chi connectivity index (χ4n) is 3.04. The van der Waals surface area contributed by atoms with Crippen molar-refractivity contribution >= 4 is 11.3 Å². The Morgan fingerprint density at radius 3 is 3.37 bits per heavy atom. The lowest BCUT2D eigenvalue weighted by molar-refractivity contribution is -0.116. The molecule has 0 radical (unpaired) electrons. The molecule has 2 saturated heterocycles. The van der Waals surface area contributed by atoms with Crippen LogP contribution >= 0.6 is 11.3 Å². The largest absolute Gasteiger partial charge is 0.363 e. The molecule has 2 fully saturated rings. The van der Waals surface area contributed by atoms with E-state index < -0.39 is 5.60 Å². The lowest BCUT2D eigenvalue weighted by atomic mass is 9.84. The molecular weight excluding hydrogens is 262 g/mol. The first-order chi connectivity index (χ1) is 9.38. The Morgan fingerprint density at radius 2 is 2.47 bits per heavy atom. The minimum atomic E-state index is -0.402. The highest BCUT2D eigenvalue weighted by Crippen LogP contribution is 2.42. The second-order valence-corrected chi connectivity index (χ2v) is 6.06. The summed E-state index contributed by atoms with van der Waals surface area (Å²) in [6.07, 6.45) is 2.27. The molecule has 2 aromatic heterocycles. The van der Waals surface area contributed by atoms with Gasteiger partial charge < -0.3 is 14.6 Å². The monoisotopic (exact) mass is 277 g/mol. The molecular formula is C13H15N3O2S. The average molecular weight is 277 g/mol. The van der Waals surface area contributed by atoms with Gasteiger partial charge >= 0.3 is 0 Å². The molecule has 0 bridgehead atoms. The van der Waals surface area contributed by atoms with E-state index in [0.717, 1.165) is 37.4 Å². The first kappa shape index (κ1) is 11.6. The highest BCUT2D eigenvalue weighted by Gasteiger charge is 2.51. The van der Waals surface area contributed by atoms with Gasteiger partial charge in [-0.2, -0.15) is 4.98 Å². The van der Waals surface area contributed by atoms with Crippen LogP contribution in [-0.4, -0.2) is 29.8 Å². The van der Waals surface area contributed by atoms with E-state index >= 15 is 0 Å². The van der Waals surface area contributed by atoms with E-state index in [9.17, 15) is 0 Å². The quantitative estimate of drug-likeness (QED) is 0.910. The third kappa shape index (κ3) is 1.74. The maximum atomic E-state index is 6.05. The molecule has 4 rings (SSSR count). The molecule has 0 spiro atoms. The van der Waals surface area contributed by atoms with Gasteiger partial charge in [0.25, 0.3) is 5.89 Å². The normalized spacial score (nSPS) is 30.4. The molecule has 19 heavy (non-hydrogen) atoms. The van der Waals surface area contributed by atoms with E-state index in [-0.39, 0.29) is 0 Å². The van der Waals surface area contributed by atoms with Crippen molar-refractivity contribution < 1.29 is 9.26 Å². The Balaban J connectivity index is 1.72. The number of aromatic nitrogens is 2. The van der Waals surface area contributed by atoms with Crippen LogP contribution in [0.1, 0.15) is 18.7 Å². The molecule has 0 aliphatic carbocycles. The van der Waals surface area contributed by atoms with Crippen molar-refractivity contribution in [3.8, 4) is 10.7 Å². The maximum Gasteiger partial charge on any atom is 0.260 e. The first-order valence-corrected chi connectivity index (χ1v) is 7.49. The molecule has 2 aliphatic heterocycles. The Bertz CT molecular complexity index is 568. The third-order valence-electron chi connectivity index (χ3n) is 4.02. The Kier molecular flexibility index (Phi) is 2.68. The predicted molar refractivity (Wildman–Crippen MR) is 70.8 cm³/mol. The van der Waals surface area contributed by atoms with Gasteiger partial charge in [-0.3, -0.25) is 0 Å². The molecule has 6 heteroatoms. The fourth-order valence-corrected chi connectivity index (χ4v) is 3.69. The molecule has 4 heterocycles. The molecule has 2 atom stereocenters. The summed E-state index contributed by atoms with van der Waals surface area (Å²) in [6, 6.07) is 3.99. The Labute approximate surface area is 115 Å². The van der Waals surface area contributed by atoms with Crippen LogP contribution in [0.15, 0.2) is 22.0 Å². The van der Waals surface area contributed by atoms with E-state index in [1.807, 2.05) is 17.5 Å². The van der Waals surface area contributed by atoms with Crippen molar-refractivity contribution in [2.24, 2.45) is 5.92 Å². The van der Waals surface area contributed by atoms with Crippen molar-refractivity contribution in [3.63, 3.8) is 0 Å². The minimum Gasteiger partial charge on any atom is -0.363 e. The smallest absolute Gasteiger partial charge is 0.260 e. The summed E-state index contributed by atoms with van der Waals surface area (Å²) in [5.41, 5.74) is -0.402. The molecule has 2 aliphatic rings. The number of fused-ring (bicyclic) bond motifs is 1. The van der Waals surface area contributed by atoms with Crippen molar-refractivity contribution in [1.29, 1.82) is 0 Å². The van der Waals surface area contributed by atoms with Crippen LogP contribution in [0.5, 0.6) is 0 Å². The minimum absolute atomic E-state index is 0.402. The van der Waals surface area contributed by atoms with E-state index in [4.69, 9.17) is 9.26 Å². The maximum absolute atomic E-state index is 6.05. The standard InChI is InChI=1S/C13H15N3O2S/c1-3-9-7-14-8-13(9,17-5-1)12-15-11(16-18-12)10-4-2-6-19-10/h2,4,6,9,14H,1,3,5,7-8H2/t9-,13+/m1/s1. The molecule has 0 aromatic carbocycles. The Hall–Kier alpha value is -1.24. The molecule has 2 aromatic rings. The van der Waals surface area contributed by atoms with Crippen molar-refractivity contribution in [3.05, 3.63) is 23.4 Å². The third-order valence-corrected chi connectivity index (χ3v) is 4.89. The van der Waals surface area contributed by atoms with Crippen LogP contribution in [0, 0.1) is 5.92 Å². The summed E-state index contributed by atoms with van der Waals surface area (Å²) >= 11 is 1.62. The van der Waals surface area contributed by atoms with Gasteiger partial charge in [0.05, 0.1) is 4.88 Å². The number of thiophene rings is 1. The summed E-state index contributed by atoms with van der Waals surface area (Å²) in [7, 11) is 0. The molecule has 0 amide bonds. The number of hydrogen-bond acceptors (Lipinski definition) is 6. The summed E-state index contributed by atoms with van der Waals surface area (Å²) in [5, 5.41) is 9.52. The van der Waals surface area contributed by atoms with E-state index in [1.54, 1.807) is 11.3 Å². The number of ether oxygens (including phenoxy) is 1. The zero-order valence-corrected chi connectivity index (χ0v) is 11.3. The number of nitrogens with one attached hydrogen (secondary N) is 1. The summed E-state index contributed by atoms with van der Waals surface area (Å²) in [4.78, 5) is 5.61. The summed E-state index contributed by atoms with van der Waals surface area (Å²) < 4.78 is 11.6. The SMILES string of the molecule is c1csc(-c2noc([C@]34CNC[C@H]3CCCO4)n2)c1. The van der Waals surface area contributed by atoms with E-state index in [2.05, 4.69) is 15.5 Å². The van der Waals surface area contributed by atoms with Crippen LogP contribution in [0.25, 0.3) is 10.7 Å². The van der Waals surface area contributed by atoms with Crippen LogP contribution in [0.2, 0.25) is 0 Å². The van der Waals surface area contributed by atoms with Gasteiger partial charge in [0.1, 0.15) is 0 Å². The second kappa shape index (κ2) is 4.40. The molecule has 0 saturated carbocycles. The van der Waals surface area contributed by atoms with Gasteiger partial charge in [-0.05, 0) is 24.3 Å². The van der Waals surface area contributed by atoms with E-state index in [1.165, 1.54) is 0 Å².